The number of benzene rings is 4. The highest BCUT2D eigenvalue weighted by Crippen LogP contribution is 2.43. The molecule has 26 heavy (non-hydrogen) atoms. The Morgan fingerprint density at radius 2 is 1.42 bits per heavy atom. The molecule has 0 radical (unpaired) electrons. The highest BCUT2D eigenvalue weighted by molar-refractivity contribution is 6.14. The molecule has 0 aliphatic heterocycles. The second-order valence-corrected chi connectivity index (χ2v) is 7.25. The van der Waals surface area contributed by atoms with Crippen molar-refractivity contribution >= 4 is 27.1 Å². The van der Waals surface area contributed by atoms with Crippen LogP contribution in [0.4, 0.5) is 0 Å². The minimum absolute atomic E-state index is 1.10. The lowest BCUT2D eigenvalue weighted by Gasteiger charge is -2.14. The van der Waals surface area contributed by atoms with Crippen LogP contribution < -0.4 is 0 Å². The van der Waals surface area contributed by atoms with Crippen molar-refractivity contribution in [2.24, 2.45) is 0 Å². The summed E-state index contributed by atoms with van der Waals surface area (Å²) >= 11 is 0. The van der Waals surface area contributed by atoms with Gasteiger partial charge in [0.2, 0.25) is 0 Å². The normalized spacial score (nSPS) is 13.6. The maximum absolute atomic E-state index is 2.32. The van der Waals surface area contributed by atoms with Crippen LogP contribution in [0, 0.1) is 0 Å². The zero-order chi connectivity index (χ0) is 17.5. The number of allylic oxidation sites excluding steroid dienone is 1. The van der Waals surface area contributed by atoms with E-state index < -0.39 is 0 Å². The summed E-state index contributed by atoms with van der Waals surface area (Å²) in [5.74, 6) is 0. The van der Waals surface area contributed by atoms with Gasteiger partial charge in [0.15, 0.2) is 0 Å². The van der Waals surface area contributed by atoms with Crippen LogP contribution in [0.15, 0.2) is 84.4 Å². The third-order valence-electron chi connectivity index (χ3n) is 5.63. The molecule has 0 nitrogen and oxygen atoms in total. The van der Waals surface area contributed by atoms with Crippen molar-refractivity contribution in [3.05, 3.63) is 101 Å². The fraction of sp³-hybridized carbons (Fsp3) is 0.154. The predicted molar refractivity (Wildman–Crippen MR) is 113 cm³/mol. The van der Waals surface area contributed by atoms with Gasteiger partial charge < -0.3 is 0 Å². The Labute approximate surface area is 154 Å². The van der Waals surface area contributed by atoms with E-state index >= 15 is 0 Å². The van der Waals surface area contributed by atoms with Crippen LogP contribution in [-0.2, 0) is 6.42 Å². The SMILES string of the molecule is CCCC1=C(c2cccc3ccc4ccccc4c23)c2ccccc2C1. The van der Waals surface area contributed by atoms with Gasteiger partial charge in [-0.3, -0.25) is 0 Å². The van der Waals surface area contributed by atoms with E-state index in [-0.39, 0.29) is 0 Å². The Balaban J connectivity index is 1.89. The second-order valence-electron chi connectivity index (χ2n) is 7.25. The Kier molecular flexibility index (Phi) is 3.64. The molecule has 0 aromatic heterocycles. The van der Waals surface area contributed by atoms with E-state index in [1.807, 2.05) is 0 Å². The molecule has 0 heteroatoms. The summed E-state index contributed by atoms with van der Waals surface area (Å²) in [6, 6.07) is 29.0. The molecule has 0 amide bonds. The lowest BCUT2D eigenvalue weighted by atomic mass is 9.89. The third kappa shape index (κ3) is 2.29. The first-order valence-corrected chi connectivity index (χ1v) is 9.58. The molecule has 126 valence electrons. The van der Waals surface area contributed by atoms with E-state index in [1.165, 1.54) is 56.6 Å². The summed E-state index contributed by atoms with van der Waals surface area (Å²) in [6.07, 6.45) is 3.46. The lowest BCUT2D eigenvalue weighted by molar-refractivity contribution is 0.884. The van der Waals surface area contributed by atoms with Gasteiger partial charge in [-0.25, -0.2) is 0 Å². The van der Waals surface area contributed by atoms with E-state index in [4.69, 9.17) is 0 Å². The van der Waals surface area contributed by atoms with E-state index in [1.54, 1.807) is 5.57 Å². The largest absolute Gasteiger partial charge is 0.0651 e. The van der Waals surface area contributed by atoms with Gasteiger partial charge in [0.05, 0.1) is 0 Å². The van der Waals surface area contributed by atoms with Crippen molar-refractivity contribution < 1.29 is 0 Å². The monoisotopic (exact) mass is 334 g/mol. The highest BCUT2D eigenvalue weighted by Gasteiger charge is 2.23. The van der Waals surface area contributed by atoms with Crippen molar-refractivity contribution in [3.8, 4) is 0 Å². The summed E-state index contributed by atoms with van der Waals surface area (Å²) in [5.41, 5.74) is 7.37. The van der Waals surface area contributed by atoms with Crippen LogP contribution >= 0.6 is 0 Å². The topological polar surface area (TPSA) is 0 Å². The van der Waals surface area contributed by atoms with Crippen LogP contribution in [-0.4, -0.2) is 0 Å². The first-order valence-electron chi connectivity index (χ1n) is 9.58. The number of hydrogen-bond acceptors (Lipinski definition) is 0. The standard InChI is InChI=1S/C26H22/c1-2-8-21-17-20-10-4-6-13-23(20)26(21)24-14-7-11-19-16-15-18-9-3-5-12-22(18)25(19)24/h3-7,9-16H,2,8,17H2,1H3. The van der Waals surface area contributed by atoms with E-state index in [0.717, 1.165) is 6.42 Å². The van der Waals surface area contributed by atoms with Crippen molar-refractivity contribution in [2.75, 3.05) is 0 Å². The minimum Gasteiger partial charge on any atom is -0.0651 e. The molecule has 1 aliphatic rings. The number of fused-ring (bicyclic) bond motifs is 4. The van der Waals surface area contributed by atoms with Gasteiger partial charge in [-0.1, -0.05) is 97.8 Å². The highest BCUT2D eigenvalue weighted by atomic mass is 14.3. The van der Waals surface area contributed by atoms with Gasteiger partial charge in [0.25, 0.3) is 0 Å². The zero-order valence-electron chi connectivity index (χ0n) is 15.1. The maximum atomic E-state index is 2.32. The quantitative estimate of drug-likeness (QED) is 0.349. The van der Waals surface area contributed by atoms with E-state index in [2.05, 4.69) is 85.8 Å². The van der Waals surface area contributed by atoms with Gasteiger partial charge in [-0.05, 0) is 56.6 Å². The van der Waals surface area contributed by atoms with Crippen LogP contribution in [0.25, 0.3) is 27.1 Å². The van der Waals surface area contributed by atoms with E-state index in [0.29, 0.717) is 0 Å². The molecule has 0 atom stereocenters. The first-order chi connectivity index (χ1) is 12.9. The van der Waals surface area contributed by atoms with Crippen LogP contribution in [0.2, 0.25) is 0 Å². The molecule has 1 aliphatic carbocycles. The second kappa shape index (κ2) is 6.14. The fourth-order valence-electron chi connectivity index (χ4n) is 4.55. The molecule has 0 saturated heterocycles. The van der Waals surface area contributed by atoms with Crippen molar-refractivity contribution in [1.29, 1.82) is 0 Å². The summed E-state index contributed by atoms with van der Waals surface area (Å²) in [7, 11) is 0. The van der Waals surface area contributed by atoms with Crippen LogP contribution in [0.5, 0.6) is 0 Å². The first kappa shape index (κ1) is 15.4. The van der Waals surface area contributed by atoms with Crippen LogP contribution in [0.3, 0.4) is 0 Å². The molecule has 0 bridgehead atoms. The molecule has 0 saturated carbocycles. The van der Waals surface area contributed by atoms with Gasteiger partial charge in [0.1, 0.15) is 0 Å². The van der Waals surface area contributed by atoms with Crippen molar-refractivity contribution in [1.82, 2.24) is 0 Å². The summed E-state index contributed by atoms with van der Waals surface area (Å²) in [5, 5.41) is 5.39. The molecule has 4 aromatic rings. The van der Waals surface area contributed by atoms with Gasteiger partial charge in [-0.15, -0.1) is 0 Å². The van der Waals surface area contributed by atoms with Crippen LogP contribution in [0.1, 0.15) is 36.5 Å². The van der Waals surface area contributed by atoms with Gasteiger partial charge in [0, 0.05) is 0 Å². The predicted octanol–water partition coefficient (Wildman–Crippen LogP) is 7.15. The minimum atomic E-state index is 1.10. The van der Waals surface area contributed by atoms with E-state index in [9.17, 15) is 0 Å². The average Bonchev–Trinajstić information content (AvgIpc) is 3.05. The Morgan fingerprint density at radius 3 is 2.35 bits per heavy atom. The lowest BCUT2D eigenvalue weighted by Crippen LogP contribution is -1.92. The summed E-state index contributed by atoms with van der Waals surface area (Å²) in [6.45, 7) is 2.28. The number of hydrogen-bond donors (Lipinski definition) is 0. The average molecular weight is 334 g/mol. The molecule has 0 fully saturated rings. The maximum Gasteiger partial charge on any atom is -0.00266 e. The smallest absolute Gasteiger partial charge is 0.00266 e. The third-order valence-corrected chi connectivity index (χ3v) is 5.63. The molecule has 0 unspecified atom stereocenters. The molecular formula is C26H22. The van der Waals surface area contributed by atoms with Gasteiger partial charge >= 0.3 is 0 Å². The Morgan fingerprint density at radius 1 is 0.692 bits per heavy atom. The molecule has 4 aromatic carbocycles. The van der Waals surface area contributed by atoms with Gasteiger partial charge in [-0.2, -0.15) is 0 Å². The Hall–Kier alpha value is -2.86. The molecule has 0 heterocycles. The fourth-order valence-corrected chi connectivity index (χ4v) is 4.55. The summed E-state index contributed by atoms with van der Waals surface area (Å²) in [4.78, 5) is 0. The zero-order valence-corrected chi connectivity index (χ0v) is 15.1. The molecular weight excluding hydrogens is 312 g/mol. The van der Waals surface area contributed by atoms with Crippen molar-refractivity contribution in [2.45, 2.75) is 26.2 Å². The Bertz CT molecular complexity index is 1160. The number of rotatable bonds is 3. The molecule has 0 spiro atoms. The summed E-state index contributed by atoms with van der Waals surface area (Å²) < 4.78 is 0. The van der Waals surface area contributed by atoms with Crippen molar-refractivity contribution in [3.63, 3.8) is 0 Å². The molecule has 0 N–H and O–H groups in total. The molecule has 5 rings (SSSR count).